The average molecular weight is 600 g/mol. The van der Waals surface area contributed by atoms with Crippen molar-refractivity contribution in [3.63, 3.8) is 0 Å². The molecular formula is C36H34FN7O. The van der Waals surface area contributed by atoms with Crippen LogP contribution in [0.25, 0.3) is 39.1 Å². The van der Waals surface area contributed by atoms with Gasteiger partial charge in [-0.2, -0.15) is 9.49 Å². The number of aryl methyl sites for hydroxylation is 1. The van der Waals surface area contributed by atoms with Gasteiger partial charge in [-0.1, -0.05) is 47.2 Å². The van der Waals surface area contributed by atoms with Crippen LogP contribution >= 0.6 is 0 Å². The number of halogens is 1. The minimum Gasteiger partial charge on any atom is -0.356 e. The van der Waals surface area contributed by atoms with Crippen LogP contribution in [0.15, 0.2) is 85.2 Å². The van der Waals surface area contributed by atoms with Crippen molar-refractivity contribution >= 4 is 10.9 Å². The van der Waals surface area contributed by atoms with Crippen molar-refractivity contribution in [2.24, 2.45) is 0 Å². The van der Waals surface area contributed by atoms with E-state index in [0.29, 0.717) is 23.6 Å². The number of aromatic nitrogens is 6. The van der Waals surface area contributed by atoms with Crippen LogP contribution in [0.4, 0.5) is 4.39 Å². The predicted molar refractivity (Wildman–Crippen MR) is 171 cm³/mol. The quantitative estimate of drug-likeness (QED) is 0.191. The Kier molecular flexibility index (Phi) is 7.19. The molecule has 0 aliphatic carbocycles. The lowest BCUT2D eigenvalue weighted by molar-refractivity contribution is -0.0365. The Bertz CT molecular complexity index is 1990. The van der Waals surface area contributed by atoms with Gasteiger partial charge in [-0.15, -0.1) is 5.10 Å². The summed E-state index contributed by atoms with van der Waals surface area (Å²) in [5.41, 5.74) is 9.71. The van der Waals surface area contributed by atoms with Gasteiger partial charge < -0.3 is 4.74 Å². The summed E-state index contributed by atoms with van der Waals surface area (Å²) in [5, 5.41) is 15.0. The second kappa shape index (κ2) is 11.6. The molecule has 5 heterocycles. The maximum Gasteiger partial charge on any atom is 0.220 e. The molecular weight excluding hydrogens is 565 g/mol. The van der Waals surface area contributed by atoms with Gasteiger partial charge in [-0.3, -0.25) is 4.90 Å². The van der Waals surface area contributed by atoms with Gasteiger partial charge in [0.15, 0.2) is 6.23 Å². The van der Waals surface area contributed by atoms with Gasteiger partial charge in [-0.25, -0.2) is 14.3 Å². The van der Waals surface area contributed by atoms with E-state index in [2.05, 4.69) is 69.6 Å². The van der Waals surface area contributed by atoms with Crippen molar-refractivity contribution in [3.05, 3.63) is 113 Å². The van der Waals surface area contributed by atoms with Gasteiger partial charge in [-0.05, 0) is 91.3 Å². The summed E-state index contributed by atoms with van der Waals surface area (Å²) in [4.78, 5) is 6.35. The maximum absolute atomic E-state index is 14.7. The van der Waals surface area contributed by atoms with Crippen LogP contribution in [0.1, 0.15) is 47.7 Å². The molecule has 6 aromatic rings. The van der Waals surface area contributed by atoms with Gasteiger partial charge in [0.25, 0.3) is 0 Å². The van der Waals surface area contributed by atoms with E-state index in [4.69, 9.17) is 9.84 Å². The highest BCUT2D eigenvalue weighted by molar-refractivity contribution is 5.95. The molecule has 0 amide bonds. The topological polar surface area (TPSA) is 73.9 Å². The Hall–Kier alpha value is -4.73. The Labute approximate surface area is 261 Å². The van der Waals surface area contributed by atoms with Crippen molar-refractivity contribution < 1.29 is 9.13 Å². The summed E-state index contributed by atoms with van der Waals surface area (Å²) in [7, 11) is 0. The van der Waals surface area contributed by atoms with Gasteiger partial charge in [0, 0.05) is 43.4 Å². The number of pyridine rings is 1. The predicted octanol–water partition coefficient (Wildman–Crippen LogP) is 7.05. The highest BCUT2D eigenvalue weighted by Gasteiger charge is 2.24. The standard InChI is InChI=1S/C36H34FN7O/c1-24-7-9-25(10-8-24)21-42-17-15-26-11-13-29(19-28(26)22-42)43-23-32(39-41-43)35-31-20-27(30-5-4-16-38-36(30)37)12-14-33(31)44(40-35)34-6-2-3-18-45-34/h4-5,7-14,16,19-20,23,34H,2-3,6,15,17-18,21-22H2,1H3. The molecule has 2 aliphatic heterocycles. The molecule has 2 aliphatic rings. The van der Waals surface area contributed by atoms with E-state index in [-0.39, 0.29) is 6.23 Å². The van der Waals surface area contributed by atoms with Gasteiger partial charge in [0.2, 0.25) is 5.95 Å². The molecule has 1 saturated heterocycles. The monoisotopic (exact) mass is 599 g/mol. The molecule has 0 N–H and O–H groups in total. The fraction of sp³-hybridized carbons (Fsp3) is 0.278. The maximum atomic E-state index is 14.7. The van der Waals surface area contributed by atoms with Crippen LogP contribution in [0.2, 0.25) is 0 Å². The molecule has 1 unspecified atom stereocenters. The minimum absolute atomic E-state index is 0.158. The van der Waals surface area contributed by atoms with Crippen molar-refractivity contribution in [1.82, 2.24) is 34.7 Å². The normalized spacial score (nSPS) is 17.1. The van der Waals surface area contributed by atoms with Crippen molar-refractivity contribution in [1.29, 1.82) is 0 Å². The molecule has 1 fully saturated rings. The zero-order valence-corrected chi connectivity index (χ0v) is 25.2. The van der Waals surface area contributed by atoms with Crippen LogP contribution in [0, 0.1) is 12.9 Å². The number of benzene rings is 3. The third-order valence-electron chi connectivity index (χ3n) is 9.01. The number of hydrogen-bond donors (Lipinski definition) is 0. The first-order valence-corrected chi connectivity index (χ1v) is 15.7. The third-order valence-corrected chi connectivity index (χ3v) is 9.01. The number of fused-ring (bicyclic) bond motifs is 2. The highest BCUT2D eigenvalue weighted by atomic mass is 19.1. The van der Waals surface area contributed by atoms with Crippen molar-refractivity contribution in [3.8, 4) is 28.2 Å². The lowest BCUT2D eigenvalue weighted by Gasteiger charge is -2.29. The molecule has 0 saturated carbocycles. The fourth-order valence-electron chi connectivity index (χ4n) is 6.56. The van der Waals surface area contributed by atoms with Crippen LogP contribution in [-0.2, 0) is 24.2 Å². The second-order valence-electron chi connectivity index (χ2n) is 12.1. The molecule has 0 spiro atoms. The fourth-order valence-corrected chi connectivity index (χ4v) is 6.56. The first-order valence-electron chi connectivity index (χ1n) is 15.7. The molecule has 226 valence electrons. The Balaban J connectivity index is 1.13. The number of hydrogen-bond acceptors (Lipinski definition) is 6. The van der Waals surface area contributed by atoms with E-state index in [0.717, 1.165) is 67.5 Å². The van der Waals surface area contributed by atoms with E-state index < -0.39 is 5.95 Å². The molecule has 45 heavy (non-hydrogen) atoms. The zero-order valence-electron chi connectivity index (χ0n) is 25.2. The van der Waals surface area contributed by atoms with Crippen molar-refractivity contribution in [2.75, 3.05) is 13.2 Å². The summed E-state index contributed by atoms with van der Waals surface area (Å²) >= 11 is 0. The van der Waals surface area contributed by atoms with Gasteiger partial charge in [0.1, 0.15) is 11.4 Å². The molecule has 9 heteroatoms. The summed E-state index contributed by atoms with van der Waals surface area (Å²) < 4.78 is 24.6. The van der Waals surface area contributed by atoms with E-state index >= 15 is 0 Å². The summed E-state index contributed by atoms with van der Waals surface area (Å²) in [6.45, 7) is 5.69. The van der Waals surface area contributed by atoms with Crippen LogP contribution in [0.5, 0.6) is 0 Å². The Morgan fingerprint density at radius 2 is 1.89 bits per heavy atom. The number of rotatable bonds is 6. The van der Waals surface area contributed by atoms with Gasteiger partial charge >= 0.3 is 0 Å². The van der Waals surface area contributed by atoms with E-state index in [1.54, 1.807) is 12.1 Å². The number of nitrogens with zero attached hydrogens (tertiary/aromatic N) is 7. The molecule has 0 bridgehead atoms. The average Bonchev–Trinajstić information content (AvgIpc) is 3.71. The second-order valence-corrected chi connectivity index (χ2v) is 12.1. The molecule has 0 radical (unpaired) electrons. The molecule has 3 aromatic carbocycles. The summed E-state index contributed by atoms with van der Waals surface area (Å²) in [6, 6.07) is 24.7. The lowest BCUT2D eigenvalue weighted by Crippen LogP contribution is -2.30. The zero-order chi connectivity index (χ0) is 30.3. The highest BCUT2D eigenvalue weighted by Crippen LogP contribution is 2.35. The first-order chi connectivity index (χ1) is 22.1. The summed E-state index contributed by atoms with van der Waals surface area (Å²) in [6.07, 6.45) is 7.27. The molecule has 1 atom stereocenters. The third kappa shape index (κ3) is 5.43. The van der Waals surface area contributed by atoms with E-state index in [9.17, 15) is 4.39 Å². The van der Waals surface area contributed by atoms with E-state index in [1.807, 2.05) is 33.8 Å². The Morgan fingerprint density at radius 3 is 2.73 bits per heavy atom. The minimum atomic E-state index is -0.503. The van der Waals surface area contributed by atoms with Crippen LogP contribution in [-0.4, -0.2) is 47.8 Å². The Morgan fingerprint density at radius 1 is 0.978 bits per heavy atom. The van der Waals surface area contributed by atoms with Crippen LogP contribution in [0.3, 0.4) is 0 Å². The molecule has 8 nitrogen and oxygen atoms in total. The summed E-state index contributed by atoms with van der Waals surface area (Å²) in [5.74, 6) is -0.503. The van der Waals surface area contributed by atoms with Crippen LogP contribution < -0.4 is 0 Å². The molecule has 8 rings (SSSR count). The smallest absolute Gasteiger partial charge is 0.220 e. The van der Waals surface area contributed by atoms with Crippen molar-refractivity contribution in [2.45, 2.75) is 51.9 Å². The SMILES string of the molecule is Cc1ccc(CN2CCc3ccc(-n4cc(-c5nn(C6CCCCO6)c6ccc(-c7cccnc7F)cc56)nn4)cc3C2)cc1. The number of ether oxygens (including phenoxy) is 1. The lowest BCUT2D eigenvalue weighted by atomic mass is 9.98. The van der Waals surface area contributed by atoms with E-state index in [1.165, 1.54) is 28.5 Å². The molecule has 3 aromatic heterocycles. The van der Waals surface area contributed by atoms with Gasteiger partial charge in [0.05, 0.1) is 17.4 Å². The largest absolute Gasteiger partial charge is 0.356 e. The first kappa shape index (κ1) is 27.8.